The number of nitrogens with zero attached hydrogens (tertiary/aromatic N) is 4. The predicted molar refractivity (Wildman–Crippen MR) is 110 cm³/mol. The fraction of sp³-hybridized carbons (Fsp3) is 0.261. The number of hydrogen-bond acceptors (Lipinski definition) is 4. The van der Waals surface area contributed by atoms with Gasteiger partial charge in [-0.3, -0.25) is 4.79 Å². The van der Waals surface area contributed by atoms with Gasteiger partial charge in [0.15, 0.2) is 0 Å². The van der Waals surface area contributed by atoms with Crippen LogP contribution in [0.4, 0.5) is 5.95 Å². The van der Waals surface area contributed by atoms with E-state index in [1.807, 2.05) is 48.0 Å². The topological polar surface area (TPSA) is 49.3 Å². The molecule has 5 heteroatoms. The lowest BCUT2D eigenvalue weighted by atomic mass is 10.00. The lowest BCUT2D eigenvalue weighted by Gasteiger charge is -2.29. The Hall–Kier alpha value is -3.21. The number of benzene rings is 2. The molecule has 2 heterocycles. The molecule has 0 atom stereocenters. The maximum atomic E-state index is 13.1. The summed E-state index contributed by atoms with van der Waals surface area (Å²) in [5, 5.41) is 0. The number of hydrogen-bond donors (Lipinski definition) is 0. The molecule has 0 N–H and O–H groups in total. The van der Waals surface area contributed by atoms with Crippen LogP contribution in [0.25, 0.3) is 0 Å². The van der Waals surface area contributed by atoms with Crippen LogP contribution in [0, 0.1) is 6.92 Å². The summed E-state index contributed by atoms with van der Waals surface area (Å²) in [6.45, 7) is 3.94. The van der Waals surface area contributed by atoms with Crippen LogP contribution in [0.3, 0.4) is 0 Å². The smallest absolute Gasteiger partial charge is 0.272 e. The third kappa shape index (κ3) is 3.88. The Labute approximate surface area is 165 Å². The van der Waals surface area contributed by atoms with Gasteiger partial charge in [0.1, 0.15) is 5.69 Å². The van der Waals surface area contributed by atoms with Gasteiger partial charge in [-0.25, -0.2) is 9.97 Å². The molecule has 3 aromatic rings. The largest absolute Gasteiger partial charge is 0.340 e. The minimum absolute atomic E-state index is 0.0330. The second-order valence-electron chi connectivity index (χ2n) is 7.28. The van der Waals surface area contributed by atoms with Crippen LogP contribution in [0.15, 0.2) is 60.7 Å². The average Bonchev–Trinajstić information content (AvgIpc) is 2.73. The zero-order valence-corrected chi connectivity index (χ0v) is 16.3. The maximum absolute atomic E-state index is 13.1. The van der Waals surface area contributed by atoms with Crippen molar-refractivity contribution in [2.45, 2.75) is 26.4 Å². The number of aryl methyl sites for hydroxylation is 1. The summed E-state index contributed by atoms with van der Waals surface area (Å²) < 4.78 is 0. The number of carbonyl (C=O) groups is 1. The fourth-order valence-electron chi connectivity index (χ4n) is 3.59. The van der Waals surface area contributed by atoms with E-state index in [1.165, 1.54) is 16.7 Å². The molecule has 28 heavy (non-hydrogen) atoms. The second kappa shape index (κ2) is 7.80. The van der Waals surface area contributed by atoms with Crippen LogP contribution < -0.4 is 4.90 Å². The molecule has 1 amide bonds. The summed E-state index contributed by atoms with van der Waals surface area (Å²) >= 11 is 0. The summed E-state index contributed by atoms with van der Waals surface area (Å²) in [6.07, 6.45) is 0.882. The number of aromatic nitrogens is 2. The predicted octanol–water partition coefficient (Wildman–Crippen LogP) is 3.62. The van der Waals surface area contributed by atoms with Gasteiger partial charge in [-0.1, -0.05) is 54.6 Å². The first kappa shape index (κ1) is 18.2. The third-order valence-electron chi connectivity index (χ3n) is 5.08. The van der Waals surface area contributed by atoms with Gasteiger partial charge in [-0.05, 0) is 36.1 Å². The van der Waals surface area contributed by atoms with Gasteiger partial charge in [0.05, 0.1) is 0 Å². The lowest BCUT2D eigenvalue weighted by molar-refractivity contribution is 0.0728. The van der Waals surface area contributed by atoms with E-state index < -0.39 is 0 Å². The van der Waals surface area contributed by atoms with Gasteiger partial charge in [-0.15, -0.1) is 0 Å². The average molecular weight is 372 g/mol. The Kier molecular flexibility index (Phi) is 5.06. The molecule has 0 unspecified atom stereocenters. The standard InChI is InChI=1S/C23H24N4O/c1-17-14-21(22(28)27-13-12-19-10-6-7-11-20(19)16-27)25-23(24-17)26(2)15-18-8-4-3-5-9-18/h3-11,14H,12-13,15-16H2,1-2H3. The van der Waals surface area contributed by atoms with Crippen molar-refractivity contribution in [3.63, 3.8) is 0 Å². The highest BCUT2D eigenvalue weighted by molar-refractivity contribution is 5.92. The minimum atomic E-state index is -0.0330. The van der Waals surface area contributed by atoms with Gasteiger partial charge in [0, 0.05) is 32.4 Å². The monoisotopic (exact) mass is 372 g/mol. The molecular formula is C23H24N4O. The van der Waals surface area contributed by atoms with Gasteiger partial charge in [-0.2, -0.15) is 0 Å². The molecule has 1 aliphatic heterocycles. The molecule has 0 fully saturated rings. The highest BCUT2D eigenvalue weighted by Gasteiger charge is 2.23. The Morgan fingerprint density at radius 2 is 1.75 bits per heavy atom. The second-order valence-corrected chi connectivity index (χ2v) is 7.28. The molecule has 1 aromatic heterocycles. The highest BCUT2D eigenvalue weighted by atomic mass is 16.2. The highest BCUT2D eigenvalue weighted by Crippen LogP contribution is 2.21. The number of rotatable bonds is 4. The summed E-state index contributed by atoms with van der Waals surface area (Å²) in [5.74, 6) is 0.541. The van der Waals surface area contributed by atoms with Crippen LogP contribution >= 0.6 is 0 Å². The molecule has 0 saturated carbocycles. The van der Waals surface area contributed by atoms with Crippen molar-refractivity contribution < 1.29 is 4.79 Å². The molecule has 4 rings (SSSR count). The molecule has 1 aliphatic rings. The van der Waals surface area contributed by atoms with Gasteiger partial charge >= 0.3 is 0 Å². The van der Waals surface area contributed by atoms with Crippen molar-refractivity contribution in [3.05, 3.63) is 88.7 Å². The van der Waals surface area contributed by atoms with Gasteiger partial charge in [0.25, 0.3) is 5.91 Å². The normalized spacial score (nSPS) is 13.1. The molecule has 2 aromatic carbocycles. The molecule has 0 spiro atoms. The zero-order chi connectivity index (χ0) is 19.5. The quantitative estimate of drug-likeness (QED) is 0.702. The van der Waals surface area contributed by atoms with Crippen molar-refractivity contribution >= 4 is 11.9 Å². The Bertz CT molecular complexity index is 987. The van der Waals surface area contributed by atoms with E-state index in [0.29, 0.717) is 31.3 Å². The van der Waals surface area contributed by atoms with E-state index in [1.54, 1.807) is 6.07 Å². The minimum Gasteiger partial charge on any atom is -0.340 e. The van der Waals surface area contributed by atoms with Crippen molar-refractivity contribution in [2.75, 3.05) is 18.5 Å². The molecule has 0 aliphatic carbocycles. The lowest BCUT2D eigenvalue weighted by Crippen LogP contribution is -2.36. The molecular weight excluding hydrogens is 348 g/mol. The van der Waals surface area contributed by atoms with E-state index in [4.69, 9.17) is 0 Å². The SMILES string of the molecule is Cc1cc(C(=O)N2CCc3ccccc3C2)nc(N(C)Cc2ccccc2)n1. The van der Waals surface area contributed by atoms with E-state index in [9.17, 15) is 4.79 Å². The van der Waals surface area contributed by atoms with Crippen molar-refractivity contribution in [1.29, 1.82) is 0 Å². The number of anilines is 1. The molecule has 0 bridgehead atoms. The molecule has 5 nitrogen and oxygen atoms in total. The Balaban J connectivity index is 1.54. The van der Waals surface area contributed by atoms with Crippen LogP contribution in [-0.2, 0) is 19.5 Å². The van der Waals surface area contributed by atoms with Crippen molar-refractivity contribution in [1.82, 2.24) is 14.9 Å². The van der Waals surface area contributed by atoms with E-state index in [0.717, 1.165) is 12.1 Å². The number of amides is 1. The number of carbonyl (C=O) groups excluding carboxylic acids is 1. The first-order chi connectivity index (χ1) is 13.6. The zero-order valence-electron chi connectivity index (χ0n) is 16.3. The van der Waals surface area contributed by atoms with E-state index in [2.05, 4.69) is 40.3 Å². The fourth-order valence-corrected chi connectivity index (χ4v) is 3.59. The maximum Gasteiger partial charge on any atom is 0.272 e. The van der Waals surface area contributed by atoms with Gasteiger partial charge < -0.3 is 9.80 Å². The van der Waals surface area contributed by atoms with Crippen LogP contribution in [-0.4, -0.2) is 34.4 Å². The first-order valence-electron chi connectivity index (χ1n) is 9.57. The van der Waals surface area contributed by atoms with Crippen LogP contribution in [0.1, 0.15) is 32.9 Å². The van der Waals surface area contributed by atoms with Crippen LogP contribution in [0.2, 0.25) is 0 Å². The molecule has 0 radical (unpaired) electrons. The Morgan fingerprint density at radius 3 is 2.54 bits per heavy atom. The Morgan fingerprint density at radius 1 is 1.04 bits per heavy atom. The van der Waals surface area contributed by atoms with Crippen LogP contribution in [0.5, 0.6) is 0 Å². The van der Waals surface area contributed by atoms with Gasteiger partial charge in [0.2, 0.25) is 5.95 Å². The van der Waals surface area contributed by atoms with E-state index in [-0.39, 0.29) is 5.91 Å². The number of fused-ring (bicyclic) bond motifs is 1. The summed E-state index contributed by atoms with van der Waals surface area (Å²) in [6, 6.07) is 20.3. The molecule has 142 valence electrons. The first-order valence-corrected chi connectivity index (χ1v) is 9.57. The summed E-state index contributed by atoms with van der Waals surface area (Å²) in [4.78, 5) is 26.1. The van der Waals surface area contributed by atoms with Crippen molar-refractivity contribution in [2.24, 2.45) is 0 Å². The van der Waals surface area contributed by atoms with Crippen molar-refractivity contribution in [3.8, 4) is 0 Å². The summed E-state index contributed by atoms with van der Waals surface area (Å²) in [7, 11) is 1.95. The van der Waals surface area contributed by atoms with E-state index >= 15 is 0 Å². The third-order valence-corrected chi connectivity index (χ3v) is 5.08. The summed E-state index contributed by atoms with van der Waals surface area (Å²) in [5.41, 5.74) is 4.98. The molecule has 0 saturated heterocycles.